The maximum absolute atomic E-state index is 3.90. The summed E-state index contributed by atoms with van der Waals surface area (Å²) in [6, 6.07) is 5.21. The molecular weight excluding hydrogens is 276 g/mol. The molecule has 0 bridgehead atoms. The zero-order valence-corrected chi connectivity index (χ0v) is 14.2. The number of hydrogen-bond acceptors (Lipinski definition) is 3. The molecule has 1 aliphatic heterocycles. The van der Waals surface area contributed by atoms with Crippen LogP contribution in [0.1, 0.15) is 43.9 Å². The van der Waals surface area contributed by atoms with Gasteiger partial charge < -0.3 is 10.2 Å². The topological polar surface area (TPSA) is 15.3 Å². The van der Waals surface area contributed by atoms with E-state index in [-0.39, 0.29) is 0 Å². The summed E-state index contributed by atoms with van der Waals surface area (Å²) < 4.78 is 0. The lowest BCUT2D eigenvalue weighted by molar-refractivity contribution is 0.144. The maximum atomic E-state index is 3.90. The Morgan fingerprint density at radius 3 is 2.81 bits per heavy atom. The second-order valence-corrected chi connectivity index (χ2v) is 8.03. The minimum atomic E-state index is 0.712. The van der Waals surface area contributed by atoms with Crippen molar-refractivity contribution in [1.82, 2.24) is 10.2 Å². The molecule has 1 aromatic rings. The van der Waals surface area contributed by atoms with Gasteiger partial charge in [0.2, 0.25) is 0 Å². The Balaban J connectivity index is 1.50. The van der Waals surface area contributed by atoms with E-state index in [0.717, 1.165) is 11.8 Å². The van der Waals surface area contributed by atoms with Crippen molar-refractivity contribution in [2.45, 2.75) is 51.5 Å². The van der Waals surface area contributed by atoms with Crippen molar-refractivity contribution in [2.24, 2.45) is 11.8 Å². The van der Waals surface area contributed by atoms with Crippen LogP contribution in [0.15, 0.2) is 17.5 Å². The Kier molecular flexibility index (Phi) is 5.73. The van der Waals surface area contributed by atoms with Crippen molar-refractivity contribution >= 4 is 11.3 Å². The SMILES string of the molecule is CCN1CC(Cc2cccs2)CC(NCC2CCCC2)C1. The van der Waals surface area contributed by atoms with Crippen LogP contribution in [0.2, 0.25) is 0 Å². The highest BCUT2D eigenvalue weighted by Crippen LogP contribution is 2.26. The molecule has 21 heavy (non-hydrogen) atoms. The lowest BCUT2D eigenvalue weighted by atomic mass is 9.90. The van der Waals surface area contributed by atoms with Gasteiger partial charge in [-0.25, -0.2) is 0 Å². The van der Waals surface area contributed by atoms with Gasteiger partial charge in [-0.1, -0.05) is 25.8 Å². The number of nitrogens with zero attached hydrogens (tertiary/aromatic N) is 1. The molecule has 2 nitrogen and oxygen atoms in total. The first-order chi connectivity index (χ1) is 10.3. The fourth-order valence-electron chi connectivity index (χ4n) is 4.12. The van der Waals surface area contributed by atoms with Crippen LogP contribution >= 0.6 is 11.3 Å². The molecule has 0 radical (unpaired) electrons. The van der Waals surface area contributed by atoms with Crippen LogP contribution in [0.3, 0.4) is 0 Å². The second-order valence-electron chi connectivity index (χ2n) is 6.99. The molecule has 2 aliphatic rings. The third kappa shape index (κ3) is 4.54. The molecule has 0 amide bonds. The summed E-state index contributed by atoms with van der Waals surface area (Å²) in [5.41, 5.74) is 0. The predicted octanol–water partition coefficient (Wildman–Crippen LogP) is 3.78. The number of likely N-dealkylation sites (tertiary alicyclic amines) is 1. The fraction of sp³-hybridized carbons (Fsp3) is 0.778. The molecule has 3 rings (SSSR count). The molecule has 2 atom stereocenters. The van der Waals surface area contributed by atoms with Gasteiger partial charge in [0, 0.05) is 24.0 Å². The molecular formula is C18H30N2S. The number of piperidine rings is 1. The predicted molar refractivity (Wildman–Crippen MR) is 92.0 cm³/mol. The van der Waals surface area contributed by atoms with E-state index >= 15 is 0 Å². The highest BCUT2D eigenvalue weighted by atomic mass is 32.1. The largest absolute Gasteiger partial charge is 0.312 e. The van der Waals surface area contributed by atoms with Crippen molar-refractivity contribution in [2.75, 3.05) is 26.2 Å². The highest BCUT2D eigenvalue weighted by molar-refractivity contribution is 7.09. The Bertz CT molecular complexity index is 397. The molecule has 0 aromatic carbocycles. The molecule has 1 aliphatic carbocycles. The lowest BCUT2D eigenvalue weighted by Gasteiger charge is -2.38. The summed E-state index contributed by atoms with van der Waals surface area (Å²) in [6.45, 7) is 7.30. The van der Waals surface area contributed by atoms with Crippen molar-refractivity contribution in [1.29, 1.82) is 0 Å². The Morgan fingerprint density at radius 2 is 2.10 bits per heavy atom. The van der Waals surface area contributed by atoms with Gasteiger partial charge in [0.15, 0.2) is 0 Å². The van der Waals surface area contributed by atoms with Gasteiger partial charge in [-0.3, -0.25) is 0 Å². The van der Waals surface area contributed by atoms with Crippen LogP contribution in [0, 0.1) is 11.8 Å². The Labute approximate surface area is 133 Å². The number of nitrogens with one attached hydrogen (secondary N) is 1. The van der Waals surface area contributed by atoms with Gasteiger partial charge >= 0.3 is 0 Å². The zero-order valence-electron chi connectivity index (χ0n) is 13.4. The van der Waals surface area contributed by atoms with Crippen LogP contribution < -0.4 is 5.32 Å². The normalized spacial score (nSPS) is 28.2. The molecule has 1 N–H and O–H groups in total. The third-order valence-corrected chi connectivity index (χ3v) is 6.20. The standard InChI is InChI=1S/C18H30N2S/c1-2-20-13-16(11-18-8-5-9-21-18)10-17(14-20)19-12-15-6-3-4-7-15/h5,8-9,15-17,19H,2-4,6-7,10-14H2,1H3. The first-order valence-corrected chi connectivity index (χ1v) is 9.69. The van der Waals surface area contributed by atoms with E-state index in [4.69, 9.17) is 0 Å². The Hall–Kier alpha value is -0.380. The summed E-state index contributed by atoms with van der Waals surface area (Å²) >= 11 is 1.92. The summed E-state index contributed by atoms with van der Waals surface area (Å²) in [4.78, 5) is 4.21. The lowest BCUT2D eigenvalue weighted by Crippen LogP contribution is -2.50. The van der Waals surface area contributed by atoms with E-state index in [9.17, 15) is 0 Å². The Morgan fingerprint density at radius 1 is 1.24 bits per heavy atom. The summed E-state index contributed by atoms with van der Waals surface area (Å²) in [6.07, 6.45) is 8.46. The number of rotatable bonds is 6. The summed E-state index contributed by atoms with van der Waals surface area (Å²) in [5, 5.41) is 6.11. The molecule has 2 unspecified atom stereocenters. The average molecular weight is 307 g/mol. The number of likely N-dealkylation sites (N-methyl/N-ethyl adjacent to an activating group) is 1. The van der Waals surface area contributed by atoms with Crippen LogP contribution in [0.25, 0.3) is 0 Å². The minimum absolute atomic E-state index is 0.712. The van der Waals surface area contributed by atoms with E-state index in [1.54, 1.807) is 4.88 Å². The van der Waals surface area contributed by atoms with Crippen molar-refractivity contribution in [3.63, 3.8) is 0 Å². The highest BCUT2D eigenvalue weighted by Gasteiger charge is 2.27. The van der Waals surface area contributed by atoms with Crippen molar-refractivity contribution in [3.8, 4) is 0 Å². The first-order valence-electron chi connectivity index (χ1n) is 8.81. The number of thiophene rings is 1. The van der Waals surface area contributed by atoms with Crippen LogP contribution in [0.5, 0.6) is 0 Å². The van der Waals surface area contributed by atoms with Gasteiger partial charge in [-0.05, 0) is 62.1 Å². The molecule has 118 valence electrons. The summed E-state index contributed by atoms with van der Waals surface area (Å²) in [7, 11) is 0. The van der Waals surface area contributed by atoms with E-state index in [0.29, 0.717) is 6.04 Å². The fourth-order valence-corrected chi connectivity index (χ4v) is 4.94. The van der Waals surface area contributed by atoms with Crippen LogP contribution in [-0.2, 0) is 6.42 Å². The van der Waals surface area contributed by atoms with Crippen LogP contribution in [-0.4, -0.2) is 37.1 Å². The van der Waals surface area contributed by atoms with Gasteiger partial charge in [-0.2, -0.15) is 0 Å². The minimum Gasteiger partial charge on any atom is -0.312 e. The van der Waals surface area contributed by atoms with Crippen molar-refractivity contribution < 1.29 is 0 Å². The molecule has 1 aromatic heterocycles. The molecule has 2 fully saturated rings. The quantitative estimate of drug-likeness (QED) is 0.860. The second kappa shape index (κ2) is 7.75. The maximum Gasteiger partial charge on any atom is 0.0198 e. The molecule has 3 heteroatoms. The van der Waals surface area contributed by atoms with Crippen molar-refractivity contribution in [3.05, 3.63) is 22.4 Å². The average Bonchev–Trinajstić information content (AvgIpc) is 3.18. The molecule has 2 heterocycles. The zero-order chi connectivity index (χ0) is 14.5. The van der Waals surface area contributed by atoms with Crippen LogP contribution in [0.4, 0.5) is 0 Å². The van der Waals surface area contributed by atoms with E-state index in [1.165, 1.54) is 64.7 Å². The van der Waals surface area contributed by atoms with Gasteiger partial charge in [0.25, 0.3) is 0 Å². The molecule has 1 saturated heterocycles. The third-order valence-electron chi connectivity index (χ3n) is 5.30. The summed E-state index contributed by atoms with van der Waals surface area (Å²) in [5.74, 6) is 1.79. The van der Waals surface area contributed by atoms with E-state index in [2.05, 4.69) is 34.7 Å². The molecule has 1 saturated carbocycles. The molecule has 0 spiro atoms. The van der Waals surface area contributed by atoms with E-state index in [1.807, 2.05) is 11.3 Å². The smallest absolute Gasteiger partial charge is 0.0198 e. The number of hydrogen-bond donors (Lipinski definition) is 1. The monoisotopic (exact) mass is 306 g/mol. The van der Waals surface area contributed by atoms with Gasteiger partial charge in [0.1, 0.15) is 0 Å². The van der Waals surface area contributed by atoms with Gasteiger partial charge in [-0.15, -0.1) is 11.3 Å². The van der Waals surface area contributed by atoms with E-state index < -0.39 is 0 Å². The van der Waals surface area contributed by atoms with Gasteiger partial charge in [0.05, 0.1) is 0 Å². The first kappa shape index (κ1) is 15.5.